The summed E-state index contributed by atoms with van der Waals surface area (Å²) < 4.78 is 5.35. The predicted molar refractivity (Wildman–Crippen MR) is 106 cm³/mol. The van der Waals surface area contributed by atoms with Gasteiger partial charge in [0.25, 0.3) is 5.91 Å². The Kier molecular flexibility index (Phi) is 6.29. The Morgan fingerprint density at radius 2 is 2.11 bits per heavy atom. The molecule has 3 heterocycles. The Morgan fingerprint density at radius 3 is 2.81 bits per heavy atom. The van der Waals surface area contributed by atoms with E-state index in [0.29, 0.717) is 31.8 Å². The van der Waals surface area contributed by atoms with Gasteiger partial charge in [-0.05, 0) is 37.1 Å². The molecule has 0 unspecified atom stereocenters. The summed E-state index contributed by atoms with van der Waals surface area (Å²) in [5.74, 6) is 0.994. The van der Waals surface area contributed by atoms with Crippen LogP contribution in [0.3, 0.4) is 0 Å². The van der Waals surface area contributed by atoms with Crippen LogP contribution in [-0.4, -0.2) is 64.8 Å². The van der Waals surface area contributed by atoms with E-state index in [9.17, 15) is 9.59 Å². The van der Waals surface area contributed by atoms with Crippen LogP contribution in [0, 0.1) is 5.41 Å². The third-order valence-corrected chi connectivity index (χ3v) is 6.27. The van der Waals surface area contributed by atoms with Gasteiger partial charge in [0.1, 0.15) is 5.03 Å². The molecule has 0 aromatic carbocycles. The minimum absolute atomic E-state index is 0.0258. The topological polar surface area (TPSA) is 62.7 Å². The molecule has 6 nitrogen and oxygen atoms in total. The van der Waals surface area contributed by atoms with Crippen LogP contribution in [0.15, 0.2) is 23.4 Å². The normalized spacial score (nSPS) is 20.5. The summed E-state index contributed by atoms with van der Waals surface area (Å²) in [6.45, 7) is 8.84. The lowest BCUT2D eigenvalue weighted by Crippen LogP contribution is -2.55. The van der Waals surface area contributed by atoms with Crippen LogP contribution in [-0.2, 0) is 4.74 Å². The van der Waals surface area contributed by atoms with E-state index >= 15 is 0 Å². The predicted octanol–water partition coefficient (Wildman–Crippen LogP) is 3.67. The fourth-order valence-electron chi connectivity index (χ4n) is 3.61. The summed E-state index contributed by atoms with van der Waals surface area (Å²) >= 11 is 1.63. The molecule has 0 aliphatic carbocycles. The molecular weight excluding hydrogens is 362 g/mol. The maximum absolute atomic E-state index is 13.0. The summed E-state index contributed by atoms with van der Waals surface area (Å²) in [6, 6.07) is 3.83. The maximum Gasteiger partial charge on any atom is 0.410 e. The van der Waals surface area contributed by atoms with Crippen LogP contribution in [0.4, 0.5) is 4.79 Å². The van der Waals surface area contributed by atoms with E-state index in [-0.39, 0.29) is 23.5 Å². The third kappa shape index (κ3) is 4.75. The first-order chi connectivity index (χ1) is 12.9. The molecule has 2 saturated heterocycles. The molecule has 0 atom stereocenters. The number of amides is 2. The number of piperidine rings is 1. The molecule has 1 aromatic heterocycles. The molecule has 3 rings (SSSR count). The number of pyridine rings is 1. The van der Waals surface area contributed by atoms with Crippen molar-refractivity contribution < 1.29 is 14.3 Å². The molecule has 27 heavy (non-hydrogen) atoms. The number of thioether (sulfide) groups is 1. The lowest BCUT2D eigenvalue weighted by atomic mass is 9.91. The number of ether oxygens (including phenoxy) is 1. The van der Waals surface area contributed by atoms with Gasteiger partial charge in [-0.2, -0.15) is 0 Å². The van der Waals surface area contributed by atoms with Gasteiger partial charge < -0.3 is 14.5 Å². The zero-order chi connectivity index (χ0) is 19.4. The molecule has 2 amide bonds. The van der Waals surface area contributed by atoms with Crippen molar-refractivity contribution in [2.24, 2.45) is 5.41 Å². The minimum atomic E-state index is -0.218. The van der Waals surface area contributed by atoms with E-state index in [1.165, 1.54) is 0 Å². The highest BCUT2D eigenvalue weighted by atomic mass is 32.2. The van der Waals surface area contributed by atoms with E-state index in [1.807, 2.05) is 21.9 Å². The van der Waals surface area contributed by atoms with E-state index in [1.54, 1.807) is 18.0 Å². The third-order valence-electron chi connectivity index (χ3n) is 5.06. The highest BCUT2D eigenvalue weighted by molar-refractivity contribution is 7.99. The van der Waals surface area contributed by atoms with Crippen molar-refractivity contribution in [1.29, 1.82) is 0 Å². The lowest BCUT2D eigenvalue weighted by Gasteiger charge is -2.44. The Balaban J connectivity index is 1.62. The van der Waals surface area contributed by atoms with Crippen LogP contribution in [0.2, 0.25) is 0 Å². The number of aromatic nitrogens is 1. The van der Waals surface area contributed by atoms with E-state index in [2.05, 4.69) is 25.8 Å². The summed E-state index contributed by atoms with van der Waals surface area (Å²) in [5, 5.41) is 0.813. The molecule has 0 N–H and O–H groups in total. The smallest absolute Gasteiger partial charge is 0.410 e. The van der Waals surface area contributed by atoms with Crippen molar-refractivity contribution in [1.82, 2.24) is 14.8 Å². The van der Waals surface area contributed by atoms with Gasteiger partial charge in [0, 0.05) is 37.3 Å². The molecule has 0 saturated carbocycles. The summed E-state index contributed by atoms with van der Waals surface area (Å²) in [4.78, 5) is 33.3. The Morgan fingerprint density at radius 1 is 1.37 bits per heavy atom. The van der Waals surface area contributed by atoms with E-state index in [0.717, 1.165) is 30.0 Å². The molecule has 0 radical (unpaired) electrons. The zero-order valence-electron chi connectivity index (χ0n) is 16.4. The zero-order valence-corrected chi connectivity index (χ0v) is 17.3. The highest BCUT2D eigenvalue weighted by Crippen LogP contribution is 2.29. The highest BCUT2D eigenvalue weighted by Gasteiger charge is 2.38. The second-order valence-corrected chi connectivity index (χ2v) is 9.16. The molecule has 148 valence electrons. The monoisotopic (exact) mass is 391 g/mol. The van der Waals surface area contributed by atoms with Crippen LogP contribution in [0.25, 0.3) is 0 Å². The Hall–Kier alpha value is -1.76. The molecule has 2 aliphatic rings. The first kappa shape index (κ1) is 20.0. The molecule has 2 aliphatic heterocycles. The van der Waals surface area contributed by atoms with Crippen LogP contribution >= 0.6 is 11.8 Å². The van der Waals surface area contributed by atoms with Crippen molar-refractivity contribution in [2.75, 3.05) is 32.0 Å². The fourth-order valence-corrected chi connectivity index (χ4v) is 4.45. The van der Waals surface area contributed by atoms with Gasteiger partial charge in [0.05, 0.1) is 12.2 Å². The number of hydrogen-bond donors (Lipinski definition) is 0. The maximum atomic E-state index is 13.0. The number of nitrogens with zero attached hydrogens (tertiary/aromatic N) is 3. The molecule has 0 spiro atoms. The standard InChI is InChI=1S/C20H29N3O3S/c1-4-12-27-17-16(6-5-9-21-17)18(24)22-10-7-15(8-11-22)23-13-20(2,3)14-26-19(23)25/h5-6,9,15H,4,7-8,10-14H2,1-3H3. The molecule has 2 fully saturated rings. The summed E-state index contributed by atoms with van der Waals surface area (Å²) in [6.07, 6.45) is 4.14. The Labute approximate surface area is 165 Å². The van der Waals surface area contributed by atoms with Gasteiger partial charge >= 0.3 is 6.09 Å². The second kappa shape index (κ2) is 8.50. The van der Waals surface area contributed by atoms with Gasteiger partial charge in [-0.3, -0.25) is 4.79 Å². The summed E-state index contributed by atoms with van der Waals surface area (Å²) in [5.41, 5.74) is 0.662. The van der Waals surface area contributed by atoms with Gasteiger partial charge in [0.2, 0.25) is 0 Å². The number of carbonyl (C=O) groups is 2. The van der Waals surface area contributed by atoms with Crippen LogP contribution in [0.5, 0.6) is 0 Å². The van der Waals surface area contributed by atoms with Gasteiger partial charge in [-0.15, -0.1) is 11.8 Å². The average Bonchev–Trinajstić information content (AvgIpc) is 2.68. The SMILES string of the molecule is CCCSc1ncccc1C(=O)N1CCC(N2CC(C)(C)COC2=O)CC1. The van der Waals surface area contributed by atoms with Crippen molar-refractivity contribution >= 4 is 23.8 Å². The Bertz CT molecular complexity index is 687. The number of likely N-dealkylation sites (tertiary alicyclic amines) is 1. The molecule has 7 heteroatoms. The number of rotatable bonds is 5. The minimum Gasteiger partial charge on any atom is -0.449 e. The molecular formula is C20H29N3O3S. The average molecular weight is 392 g/mol. The van der Waals surface area contributed by atoms with Gasteiger partial charge in [-0.1, -0.05) is 20.8 Å². The van der Waals surface area contributed by atoms with Gasteiger partial charge in [0.15, 0.2) is 0 Å². The number of carbonyl (C=O) groups excluding carboxylic acids is 2. The van der Waals surface area contributed by atoms with Crippen molar-refractivity contribution in [3.63, 3.8) is 0 Å². The first-order valence-electron chi connectivity index (χ1n) is 9.72. The van der Waals surface area contributed by atoms with E-state index in [4.69, 9.17) is 4.74 Å². The first-order valence-corrected chi connectivity index (χ1v) is 10.7. The number of cyclic esters (lactones) is 1. The van der Waals surface area contributed by atoms with Crippen molar-refractivity contribution in [2.45, 2.75) is 51.1 Å². The quantitative estimate of drug-likeness (QED) is 0.717. The largest absolute Gasteiger partial charge is 0.449 e. The van der Waals surface area contributed by atoms with Gasteiger partial charge in [-0.25, -0.2) is 9.78 Å². The summed E-state index contributed by atoms with van der Waals surface area (Å²) in [7, 11) is 0. The second-order valence-electron chi connectivity index (χ2n) is 8.07. The lowest BCUT2D eigenvalue weighted by molar-refractivity contribution is -0.0153. The molecule has 1 aromatic rings. The van der Waals surface area contributed by atoms with Crippen LogP contribution in [0.1, 0.15) is 50.4 Å². The van der Waals surface area contributed by atoms with Crippen LogP contribution < -0.4 is 0 Å². The van der Waals surface area contributed by atoms with Crippen molar-refractivity contribution in [3.8, 4) is 0 Å². The fraction of sp³-hybridized carbons (Fsp3) is 0.650. The van der Waals surface area contributed by atoms with Crippen molar-refractivity contribution in [3.05, 3.63) is 23.9 Å². The molecule has 0 bridgehead atoms. The van der Waals surface area contributed by atoms with E-state index < -0.39 is 0 Å². The number of hydrogen-bond acceptors (Lipinski definition) is 5.